The summed E-state index contributed by atoms with van der Waals surface area (Å²) in [7, 11) is -3.20. The first-order valence-electron chi connectivity index (χ1n) is 9.39. The van der Waals surface area contributed by atoms with Crippen LogP contribution in [0.1, 0.15) is 24.8 Å². The number of nitrogens with zero attached hydrogens (tertiary/aromatic N) is 1. The minimum absolute atomic E-state index is 0.00505. The van der Waals surface area contributed by atoms with E-state index in [1.165, 1.54) is 18.9 Å². The third-order valence-electron chi connectivity index (χ3n) is 6.03. The summed E-state index contributed by atoms with van der Waals surface area (Å²) in [4.78, 5) is 14.6. The van der Waals surface area contributed by atoms with E-state index in [2.05, 4.69) is 5.32 Å². The van der Waals surface area contributed by atoms with Crippen molar-refractivity contribution in [2.75, 3.05) is 25.4 Å². The molecule has 2 saturated heterocycles. The molecule has 2 heterocycles. The molecule has 1 N–H and O–H groups in total. The summed E-state index contributed by atoms with van der Waals surface area (Å²) in [6, 6.07) is 6.58. The predicted octanol–water partition coefficient (Wildman–Crippen LogP) is 1.59. The lowest BCUT2D eigenvalue weighted by molar-refractivity contribution is -0.126. The Hall–Kier alpha value is -1.47. The van der Waals surface area contributed by atoms with Gasteiger partial charge < -0.3 is 5.32 Å². The Balaban J connectivity index is 1.47. The van der Waals surface area contributed by atoms with E-state index in [9.17, 15) is 17.6 Å². The molecule has 0 aromatic heterocycles. The molecule has 3 fully saturated rings. The van der Waals surface area contributed by atoms with E-state index in [1.54, 1.807) is 18.2 Å². The zero-order valence-corrected chi connectivity index (χ0v) is 15.6. The molecule has 1 saturated carbocycles. The van der Waals surface area contributed by atoms with Gasteiger partial charge in [-0.3, -0.25) is 9.69 Å². The summed E-state index contributed by atoms with van der Waals surface area (Å²) < 4.78 is 39.0. The zero-order valence-electron chi connectivity index (χ0n) is 14.7. The highest BCUT2D eigenvalue weighted by atomic mass is 32.2. The van der Waals surface area contributed by atoms with Gasteiger partial charge in [-0.15, -0.1) is 0 Å². The van der Waals surface area contributed by atoms with Crippen molar-refractivity contribution in [3.63, 3.8) is 0 Å². The van der Waals surface area contributed by atoms with Crippen LogP contribution >= 0.6 is 0 Å². The molecule has 142 valence electrons. The fourth-order valence-electron chi connectivity index (χ4n) is 4.32. The average Bonchev–Trinajstić information content (AvgIpc) is 3.33. The number of nitrogens with one attached hydrogen (secondary N) is 1. The molecule has 0 unspecified atom stereocenters. The molecular formula is C19H25FN2O3S. The van der Waals surface area contributed by atoms with Gasteiger partial charge in [0.05, 0.1) is 11.0 Å². The number of hydrogen-bond acceptors (Lipinski definition) is 4. The number of halogens is 1. The standard InChI is InChI=1S/C19H25FN2O3S/c20-17-4-2-1-3-14(17)10-22-11-16-15(19(23)21-9-13-5-6-13)7-8-26(24,25)18(16)12-22/h1-4,13,15-16,18H,5-12H2,(H,21,23)/t15-,16+,18+/m1/s1. The van der Waals surface area contributed by atoms with Crippen LogP contribution in [-0.4, -0.2) is 49.9 Å². The lowest BCUT2D eigenvalue weighted by atomic mass is 9.87. The highest BCUT2D eigenvalue weighted by molar-refractivity contribution is 7.92. The maximum absolute atomic E-state index is 13.9. The number of rotatable bonds is 5. The molecule has 3 atom stereocenters. The Morgan fingerprint density at radius 2 is 1.96 bits per heavy atom. The summed E-state index contributed by atoms with van der Waals surface area (Å²) in [5.74, 6) is -0.0576. The third-order valence-corrected chi connectivity index (χ3v) is 8.25. The van der Waals surface area contributed by atoms with Crippen molar-refractivity contribution in [1.29, 1.82) is 0 Å². The van der Waals surface area contributed by atoms with E-state index in [4.69, 9.17) is 0 Å². The third kappa shape index (κ3) is 3.64. The minimum Gasteiger partial charge on any atom is -0.356 e. The van der Waals surface area contributed by atoms with Crippen LogP contribution in [0.4, 0.5) is 4.39 Å². The number of carbonyl (C=O) groups excluding carboxylic acids is 1. The number of hydrogen-bond donors (Lipinski definition) is 1. The number of carbonyl (C=O) groups is 1. The fourth-order valence-corrected chi connectivity index (χ4v) is 6.45. The van der Waals surface area contributed by atoms with Crippen LogP contribution in [-0.2, 0) is 21.2 Å². The van der Waals surface area contributed by atoms with Crippen molar-refractivity contribution in [3.8, 4) is 0 Å². The summed E-state index contributed by atoms with van der Waals surface area (Å²) in [6.07, 6.45) is 2.73. The van der Waals surface area contributed by atoms with Crippen LogP contribution in [0.2, 0.25) is 0 Å². The lowest BCUT2D eigenvalue weighted by Gasteiger charge is -2.31. The number of fused-ring (bicyclic) bond motifs is 1. The number of sulfone groups is 1. The first kappa shape index (κ1) is 17.9. The highest BCUT2D eigenvalue weighted by Crippen LogP contribution is 2.38. The molecule has 26 heavy (non-hydrogen) atoms. The Bertz CT molecular complexity index is 794. The van der Waals surface area contributed by atoms with Crippen LogP contribution in [0.5, 0.6) is 0 Å². The number of amides is 1. The highest BCUT2D eigenvalue weighted by Gasteiger charge is 2.50. The Kier molecular flexibility index (Phi) is 4.77. The van der Waals surface area contributed by atoms with Crippen molar-refractivity contribution in [2.45, 2.75) is 31.1 Å². The first-order chi connectivity index (χ1) is 12.4. The maximum Gasteiger partial charge on any atom is 0.223 e. The van der Waals surface area contributed by atoms with Crippen molar-refractivity contribution < 1.29 is 17.6 Å². The second kappa shape index (κ2) is 6.93. The second-order valence-corrected chi connectivity index (χ2v) is 10.3. The van der Waals surface area contributed by atoms with Crippen molar-refractivity contribution >= 4 is 15.7 Å². The van der Waals surface area contributed by atoms with Gasteiger partial charge in [0.2, 0.25) is 5.91 Å². The van der Waals surface area contributed by atoms with E-state index in [1.807, 2.05) is 4.90 Å². The Morgan fingerprint density at radius 3 is 2.69 bits per heavy atom. The smallest absolute Gasteiger partial charge is 0.223 e. The average molecular weight is 380 g/mol. The van der Waals surface area contributed by atoms with Crippen LogP contribution in [0.25, 0.3) is 0 Å². The molecule has 0 radical (unpaired) electrons. The van der Waals surface area contributed by atoms with E-state index < -0.39 is 15.1 Å². The fraction of sp³-hybridized carbons (Fsp3) is 0.632. The predicted molar refractivity (Wildman–Crippen MR) is 96.6 cm³/mol. The molecule has 2 aliphatic heterocycles. The van der Waals surface area contributed by atoms with E-state index in [-0.39, 0.29) is 29.3 Å². The van der Waals surface area contributed by atoms with Gasteiger partial charge in [-0.2, -0.15) is 0 Å². The molecule has 0 bridgehead atoms. The largest absolute Gasteiger partial charge is 0.356 e. The molecule has 5 nitrogen and oxygen atoms in total. The maximum atomic E-state index is 13.9. The number of likely N-dealkylation sites (tertiary alicyclic amines) is 1. The van der Waals surface area contributed by atoms with Crippen molar-refractivity contribution in [1.82, 2.24) is 10.2 Å². The Labute approximate surface area is 153 Å². The molecule has 7 heteroatoms. The molecule has 0 spiro atoms. The number of benzene rings is 1. The van der Waals surface area contributed by atoms with Gasteiger partial charge in [-0.05, 0) is 31.2 Å². The molecule has 1 aromatic rings. The monoisotopic (exact) mass is 380 g/mol. The van der Waals surface area contributed by atoms with Gasteiger partial charge in [0.1, 0.15) is 5.82 Å². The quantitative estimate of drug-likeness (QED) is 0.842. The van der Waals surface area contributed by atoms with Crippen LogP contribution in [0.3, 0.4) is 0 Å². The second-order valence-electron chi connectivity index (χ2n) is 7.94. The SMILES string of the molecule is O=C(NCC1CC1)[C@@H]1CCS(=O)(=O)[C@H]2CN(Cc3ccccc3F)C[C@@H]12. The molecule has 3 aliphatic rings. The summed E-state index contributed by atoms with van der Waals surface area (Å²) in [5, 5.41) is 2.50. The topological polar surface area (TPSA) is 66.5 Å². The lowest BCUT2D eigenvalue weighted by Crippen LogP contribution is -2.47. The van der Waals surface area contributed by atoms with E-state index in [0.717, 1.165) is 0 Å². The van der Waals surface area contributed by atoms with E-state index >= 15 is 0 Å². The van der Waals surface area contributed by atoms with E-state index in [0.29, 0.717) is 44.1 Å². The molecular weight excluding hydrogens is 355 g/mol. The molecule has 4 rings (SSSR count). The summed E-state index contributed by atoms with van der Waals surface area (Å²) in [6.45, 7) is 2.00. The normalized spacial score (nSPS) is 30.7. The zero-order chi connectivity index (χ0) is 18.3. The van der Waals surface area contributed by atoms with Crippen LogP contribution < -0.4 is 5.32 Å². The summed E-state index contributed by atoms with van der Waals surface area (Å²) >= 11 is 0. The molecule has 1 amide bonds. The minimum atomic E-state index is -3.20. The Morgan fingerprint density at radius 1 is 1.19 bits per heavy atom. The van der Waals surface area contributed by atoms with Crippen molar-refractivity contribution in [3.05, 3.63) is 35.6 Å². The van der Waals surface area contributed by atoms with Crippen LogP contribution in [0.15, 0.2) is 24.3 Å². The van der Waals surface area contributed by atoms with Gasteiger partial charge in [0, 0.05) is 43.6 Å². The molecule has 1 aliphatic carbocycles. The van der Waals surface area contributed by atoms with Gasteiger partial charge in [-0.1, -0.05) is 18.2 Å². The van der Waals surface area contributed by atoms with Gasteiger partial charge in [0.25, 0.3) is 0 Å². The molecule has 1 aromatic carbocycles. The van der Waals surface area contributed by atoms with Crippen molar-refractivity contribution in [2.24, 2.45) is 17.8 Å². The summed E-state index contributed by atoms with van der Waals surface area (Å²) in [5.41, 5.74) is 0.568. The van der Waals surface area contributed by atoms with Gasteiger partial charge in [0.15, 0.2) is 9.84 Å². The van der Waals surface area contributed by atoms with Crippen LogP contribution in [0, 0.1) is 23.6 Å². The van der Waals surface area contributed by atoms with Gasteiger partial charge >= 0.3 is 0 Å². The first-order valence-corrected chi connectivity index (χ1v) is 11.1. The van der Waals surface area contributed by atoms with Gasteiger partial charge in [-0.25, -0.2) is 12.8 Å².